The second kappa shape index (κ2) is 8.01. The molecule has 0 radical (unpaired) electrons. The molecule has 0 atom stereocenters. The monoisotopic (exact) mass is 324 g/mol. The Morgan fingerprint density at radius 2 is 1.50 bits per heavy atom. The summed E-state index contributed by atoms with van der Waals surface area (Å²) in [6.45, 7) is 0. The topological polar surface area (TPSA) is 24.7 Å². The zero-order chi connectivity index (χ0) is 15.0. The third kappa shape index (κ3) is 4.36. The van der Waals surface area contributed by atoms with E-state index in [9.17, 15) is 0 Å². The first kappa shape index (κ1) is 15.1. The van der Waals surface area contributed by atoms with Gasteiger partial charge < -0.3 is 0 Å². The lowest BCUT2D eigenvalue weighted by molar-refractivity contribution is 1.26. The molecule has 0 aliphatic carbocycles. The molecule has 0 aromatic heterocycles. The maximum atomic E-state index is 4.47. The van der Waals surface area contributed by atoms with Crippen molar-refractivity contribution in [3.8, 4) is 0 Å². The van der Waals surface area contributed by atoms with Crippen LogP contribution in [0.1, 0.15) is 11.1 Å². The van der Waals surface area contributed by atoms with E-state index in [0.29, 0.717) is 0 Å². The number of hydrogen-bond acceptors (Lipinski definition) is 4. The second-order valence-electron chi connectivity index (χ2n) is 4.66. The molecule has 2 aromatic carbocycles. The number of allylic oxidation sites excluding steroid dienone is 1. The fraction of sp³-hybridized carbons (Fsp3) is 0.111. The van der Waals surface area contributed by atoms with Crippen molar-refractivity contribution in [3.05, 3.63) is 77.9 Å². The van der Waals surface area contributed by atoms with Gasteiger partial charge in [0.05, 0.1) is 5.71 Å². The molecule has 0 bridgehead atoms. The van der Waals surface area contributed by atoms with Crippen LogP contribution in [-0.2, 0) is 0 Å². The van der Waals surface area contributed by atoms with Gasteiger partial charge in [0.2, 0.25) is 0 Å². The molecular weight excluding hydrogens is 308 g/mol. The van der Waals surface area contributed by atoms with Crippen LogP contribution in [0.3, 0.4) is 0 Å². The highest BCUT2D eigenvalue weighted by Gasteiger charge is 2.09. The average molecular weight is 324 g/mol. The smallest absolute Gasteiger partial charge is 0.149 e. The minimum Gasteiger partial charge on any atom is -0.149 e. The first-order valence-corrected chi connectivity index (χ1v) is 9.09. The summed E-state index contributed by atoms with van der Waals surface area (Å²) in [4.78, 5) is 0. The van der Waals surface area contributed by atoms with E-state index in [-0.39, 0.29) is 0 Å². The summed E-state index contributed by atoms with van der Waals surface area (Å²) in [6, 6.07) is 20.4. The molecule has 0 saturated carbocycles. The van der Waals surface area contributed by atoms with E-state index < -0.39 is 0 Å². The molecule has 2 aromatic rings. The van der Waals surface area contributed by atoms with Gasteiger partial charge in [0.25, 0.3) is 0 Å². The van der Waals surface area contributed by atoms with Crippen LogP contribution in [0.15, 0.2) is 76.9 Å². The van der Waals surface area contributed by atoms with Crippen molar-refractivity contribution >= 4 is 39.7 Å². The number of hydrogen-bond donors (Lipinski definition) is 0. The van der Waals surface area contributed by atoms with E-state index in [4.69, 9.17) is 0 Å². The van der Waals surface area contributed by atoms with Crippen LogP contribution in [0.4, 0.5) is 0 Å². The van der Waals surface area contributed by atoms with Gasteiger partial charge in [0, 0.05) is 17.1 Å². The quantitative estimate of drug-likeness (QED) is 0.588. The Balaban J connectivity index is 1.88. The van der Waals surface area contributed by atoms with E-state index in [0.717, 1.165) is 32.7 Å². The van der Waals surface area contributed by atoms with Gasteiger partial charge in [-0.3, -0.25) is 0 Å². The molecule has 0 N–H and O–H groups in total. The van der Waals surface area contributed by atoms with Crippen LogP contribution in [0, 0.1) is 0 Å². The second-order valence-corrected chi connectivity index (χ2v) is 7.08. The summed E-state index contributed by atoms with van der Waals surface area (Å²) in [6.07, 6.45) is 4.10. The molecule has 1 saturated heterocycles. The fourth-order valence-corrected chi connectivity index (χ4v) is 4.03. The summed E-state index contributed by atoms with van der Waals surface area (Å²) < 4.78 is 1.06. The summed E-state index contributed by atoms with van der Waals surface area (Å²) in [5.74, 6) is 2.25. The molecule has 0 spiro atoms. The Kier molecular flexibility index (Phi) is 5.51. The van der Waals surface area contributed by atoms with Crippen molar-refractivity contribution in [1.82, 2.24) is 0 Å². The van der Waals surface area contributed by atoms with Crippen molar-refractivity contribution in [2.75, 3.05) is 11.5 Å². The molecule has 0 amide bonds. The van der Waals surface area contributed by atoms with E-state index in [1.54, 1.807) is 23.5 Å². The number of rotatable bonds is 4. The maximum Gasteiger partial charge on any atom is 0.152 e. The molecule has 110 valence electrons. The van der Waals surface area contributed by atoms with E-state index in [1.807, 2.05) is 42.5 Å². The van der Waals surface area contributed by atoms with Crippen molar-refractivity contribution < 1.29 is 0 Å². The zero-order valence-corrected chi connectivity index (χ0v) is 13.7. The van der Waals surface area contributed by atoms with Gasteiger partial charge in [0.15, 0.2) is 4.38 Å². The predicted molar refractivity (Wildman–Crippen MR) is 101 cm³/mol. The Bertz CT molecular complexity index is 684. The number of thioether (sulfide) groups is 2. The van der Waals surface area contributed by atoms with Crippen LogP contribution in [0.2, 0.25) is 0 Å². The third-order valence-electron chi connectivity index (χ3n) is 3.08. The van der Waals surface area contributed by atoms with E-state index in [2.05, 4.69) is 40.5 Å². The molecule has 0 unspecified atom stereocenters. The van der Waals surface area contributed by atoms with Crippen LogP contribution >= 0.6 is 23.5 Å². The Morgan fingerprint density at radius 3 is 2.18 bits per heavy atom. The van der Waals surface area contributed by atoms with Crippen LogP contribution < -0.4 is 0 Å². The lowest BCUT2D eigenvalue weighted by Crippen LogP contribution is -1.96. The highest BCUT2D eigenvalue weighted by Crippen LogP contribution is 2.26. The summed E-state index contributed by atoms with van der Waals surface area (Å²) in [5.41, 5.74) is 3.11. The minimum absolute atomic E-state index is 0.880. The molecule has 4 heteroatoms. The average Bonchev–Trinajstić information content (AvgIpc) is 3.10. The molecular formula is C18H16N2S2. The SMILES string of the molecule is C(=C\c1ccccc1)/C(=N/N=C1SCCS1)c1ccccc1. The van der Waals surface area contributed by atoms with Gasteiger partial charge in [-0.15, -0.1) is 10.2 Å². The zero-order valence-electron chi connectivity index (χ0n) is 12.1. The lowest BCUT2D eigenvalue weighted by Gasteiger charge is -2.00. The Labute approximate surface area is 139 Å². The predicted octanol–water partition coefficient (Wildman–Crippen LogP) is 4.94. The summed E-state index contributed by atoms with van der Waals surface area (Å²) in [5, 5.41) is 8.86. The lowest BCUT2D eigenvalue weighted by atomic mass is 10.1. The van der Waals surface area contributed by atoms with Crippen molar-refractivity contribution in [2.45, 2.75) is 0 Å². The fourth-order valence-electron chi connectivity index (χ4n) is 1.99. The minimum atomic E-state index is 0.880. The van der Waals surface area contributed by atoms with Gasteiger partial charge in [-0.25, -0.2) is 0 Å². The molecule has 22 heavy (non-hydrogen) atoms. The highest BCUT2D eigenvalue weighted by atomic mass is 32.2. The largest absolute Gasteiger partial charge is 0.152 e. The molecule has 2 nitrogen and oxygen atoms in total. The highest BCUT2D eigenvalue weighted by molar-refractivity contribution is 8.41. The van der Waals surface area contributed by atoms with Crippen LogP contribution in [0.25, 0.3) is 6.08 Å². The molecule has 1 aliphatic heterocycles. The van der Waals surface area contributed by atoms with Crippen molar-refractivity contribution in [3.63, 3.8) is 0 Å². The molecule has 3 rings (SSSR count). The summed E-state index contributed by atoms with van der Waals surface area (Å²) >= 11 is 3.55. The van der Waals surface area contributed by atoms with Gasteiger partial charge in [-0.2, -0.15) is 0 Å². The Hall–Kier alpha value is -1.78. The maximum absolute atomic E-state index is 4.47. The first-order chi connectivity index (χ1) is 10.9. The van der Waals surface area contributed by atoms with Gasteiger partial charge in [0.1, 0.15) is 0 Å². The molecule has 1 heterocycles. The van der Waals surface area contributed by atoms with Gasteiger partial charge in [-0.1, -0.05) is 90.3 Å². The van der Waals surface area contributed by atoms with Gasteiger partial charge >= 0.3 is 0 Å². The van der Waals surface area contributed by atoms with Crippen molar-refractivity contribution in [2.24, 2.45) is 10.2 Å². The van der Waals surface area contributed by atoms with Crippen LogP contribution in [-0.4, -0.2) is 21.6 Å². The normalized spacial score (nSPS) is 15.5. The number of nitrogens with zero attached hydrogens (tertiary/aromatic N) is 2. The van der Waals surface area contributed by atoms with Crippen molar-refractivity contribution in [1.29, 1.82) is 0 Å². The number of benzene rings is 2. The first-order valence-electron chi connectivity index (χ1n) is 7.11. The third-order valence-corrected chi connectivity index (χ3v) is 5.52. The molecule has 1 fully saturated rings. The summed E-state index contributed by atoms with van der Waals surface area (Å²) in [7, 11) is 0. The standard InChI is InChI=1S/C18H16N2S2/c1-3-7-15(8-4-1)11-12-17(16-9-5-2-6-10-16)19-20-18-21-13-14-22-18/h1-12H,13-14H2/b12-11+,19-17-. The van der Waals surface area contributed by atoms with E-state index in [1.165, 1.54) is 0 Å². The van der Waals surface area contributed by atoms with Crippen LogP contribution in [0.5, 0.6) is 0 Å². The van der Waals surface area contributed by atoms with Gasteiger partial charge in [-0.05, 0) is 11.6 Å². The molecule has 1 aliphatic rings. The van der Waals surface area contributed by atoms with E-state index >= 15 is 0 Å². The Morgan fingerprint density at radius 1 is 0.864 bits per heavy atom.